The fourth-order valence-electron chi connectivity index (χ4n) is 3.03. The molecule has 0 unspecified atom stereocenters. The molecular formula is C23H27N3O5. The van der Waals surface area contributed by atoms with Crippen LogP contribution in [-0.2, 0) is 11.3 Å². The van der Waals surface area contributed by atoms with E-state index in [-0.39, 0.29) is 12.5 Å². The van der Waals surface area contributed by atoms with Crippen molar-refractivity contribution in [3.8, 4) is 28.6 Å². The Morgan fingerprint density at radius 2 is 1.81 bits per heavy atom. The lowest BCUT2D eigenvalue weighted by atomic mass is 10.2. The fourth-order valence-corrected chi connectivity index (χ4v) is 3.03. The maximum Gasteiger partial charge on any atom is 0.263 e. The number of carbonyl (C=O) groups excluding carboxylic acids is 1. The molecule has 0 saturated carbocycles. The number of carbonyl (C=O) groups is 1. The lowest BCUT2D eigenvalue weighted by molar-refractivity contribution is -0.138. The first kappa shape index (κ1) is 22.1. The van der Waals surface area contributed by atoms with E-state index in [1.165, 1.54) is 4.90 Å². The Bertz CT molecular complexity index is 1020. The lowest BCUT2D eigenvalue weighted by Crippen LogP contribution is -2.39. The van der Waals surface area contributed by atoms with Gasteiger partial charge in [0.1, 0.15) is 17.2 Å². The Morgan fingerprint density at radius 1 is 1.10 bits per heavy atom. The summed E-state index contributed by atoms with van der Waals surface area (Å²) < 4.78 is 21.8. The predicted molar refractivity (Wildman–Crippen MR) is 115 cm³/mol. The highest BCUT2D eigenvalue weighted by atomic mass is 16.5. The van der Waals surface area contributed by atoms with Crippen LogP contribution in [0.3, 0.4) is 0 Å². The van der Waals surface area contributed by atoms with E-state index >= 15 is 0 Å². The molecule has 2 aromatic carbocycles. The predicted octanol–water partition coefficient (Wildman–Crippen LogP) is 3.88. The lowest BCUT2D eigenvalue weighted by Gasteiger charge is -2.22. The third-order valence-electron chi connectivity index (χ3n) is 4.81. The zero-order chi connectivity index (χ0) is 22.4. The van der Waals surface area contributed by atoms with Gasteiger partial charge in [-0.05, 0) is 37.6 Å². The number of nitrogens with zero attached hydrogens (tertiary/aromatic N) is 3. The Balaban J connectivity index is 1.69. The minimum atomic E-state index is -0.600. The smallest absolute Gasteiger partial charge is 0.263 e. The van der Waals surface area contributed by atoms with E-state index in [9.17, 15) is 4.79 Å². The van der Waals surface area contributed by atoms with Gasteiger partial charge in [-0.15, -0.1) is 0 Å². The van der Waals surface area contributed by atoms with Gasteiger partial charge in [0.05, 0.1) is 26.3 Å². The van der Waals surface area contributed by atoms with Crippen LogP contribution >= 0.6 is 0 Å². The fraction of sp³-hybridized carbons (Fsp3) is 0.348. The molecule has 0 saturated heterocycles. The molecule has 0 spiro atoms. The molecule has 8 nitrogen and oxygen atoms in total. The highest BCUT2D eigenvalue weighted by Gasteiger charge is 2.24. The van der Waals surface area contributed by atoms with Gasteiger partial charge in [0.15, 0.2) is 6.10 Å². The minimum Gasteiger partial charge on any atom is -0.497 e. The molecule has 0 aliphatic heterocycles. The molecule has 1 amide bonds. The van der Waals surface area contributed by atoms with Crippen molar-refractivity contribution in [3.05, 3.63) is 53.9 Å². The number of hydrogen-bond acceptors (Lipinski definition) is 7. The number of rotatable bonds is 9. The Morgan fingerprint density at radius 3 is 2.45 bits per heavy atom. The summed E-state index contributed by atoms with van der Waals surface area (Å²) in [6.07, 6.45) is -0.0633. The standard InChI is InChI=1S/C23H27N3O5/c1-6-19(30-16-9-7-15(2)8-10-16)23(27)26(3)14-21-24-22(25-31-21)18-12-11-17(28-4)13-20(18)29-5/h7-13,19H,6,14H2,1-5H3/t19-/m0/s1. The molecule has 1 aromatic heterocycles. The largest absolute Gasteiger partial charge is 0.497 e. The monoisotopic (exact) mass is 425 g/mol. The van der Waals surface area contributed by atoms with Crippen molar-refractivity contribution in [1.29, 1.82) is 0 Å². The van der Waals surface area contributed by atoms with Gasteiger partial charge >= 0.3 is 0 Å². The van der Waals surface area contributed by atoms with Gasteiger partial charge < -0.3 is 23.6 Å². The van der Waals surface area contributed by atoms with Gasteiger partial charge in [0.2, 0.25) is 11.7 Å². The number of hydrogen-bond donors (Lipinski definition) is 0. The second-order valence-electron chi connectivity index (χ2n) is 7.10. The van der Waals surface area contributed by atoms with Gasteiger partial charge in [-0.1, -0.05) is 29.8 Å². The summed E-state index contributed by atoms with van der Waals surface area (Å²) in [5.41, 5.74) is 1.80. The first-order valence-corrected chi connectivity index (χ1v) is 9.98. The average molecular weight is 425 g/mol. The zero-order valence-electron chi connectivity index (χ0n) is 18.4. The maximum absolute atomic E-state index is 12.9. The Kier molecular flexibility index (Phi) is 7.12. The van der Waals surface area contributed by atoms with E-state index in [1.54, 1.807) is 39.5 Å². The molecule has 0 bridgehead atoms. The van der Waals surface area contributed by atoms with E-state index in [0.717, 1.165) is 5.56 Å². The van der Waals surface area contributed by atoms with Crippen LogP contribution in [0.4, 0.5) is 0 Å². The maximum atomic E-state index is 12.9. The first-order chi connectivity index (χ1) is 14.9. The molecule has 1 atom stereocenters. The number of ether oxygens (including phenoxy) is 3. The number of amides is 1. The quantitative estimate of drug-likeness (QED) is 0.514. The van der Waals surface area contributed by atoms with E-state index in [0.29, 0.717) is 40.9 Å². The summed E-state index contributed by atoms with van der Waals surface area (Å²) in [7, 11) is 4.83. The molecule has 8 heteroatoms. The SMILES string of the molecule is CC[C@H](Oc1ccc(C)cc1)C(=O)N(C)Cc1nc(-c2ccc(OC)cc2OC)no1. The van der Waals surface area contributed by atoms with E-state index in [4.69, 9.17) is 18.7 Å². The second-order valence-corrected chi connectivity index (χ2v) is 7.10. The van der Waals surface area contributed by atoms with E-state index < -0.39 is 6.10 Å². The summed E-state index contributed by atoms with van der Waals surface area (Å²) >= 11 is 0. The topological polar surface area (TPSA) is 86.9 Å². The number of methoxy groups -OCH3 is 2. The summed E-state index contributed by atoms with van der Waals surface area (Å²) in [6, 6.07) is 12.9. The highest BCUT2D eigenvalue weighted by Crippen LogP contribution is 2.31. The number of benzene rings is 2. The zero-order valence-corrected chi connectivity index (χ0v) is 18.4. The molecular weight excluding hydrogens is 398 g/mol. The van der Waals surface area contributed by atoms with Crippen molar-refractivity contribution in [2.24, 2.45) is 0 Å². The van der Waals surface area contributed by atoms with Crippen LogP contribution in [0.1, 0.15) is 24.8 Å². The summed E-state index contributed by atoms with van der Waals surface area (Å²) in [5.74, 6) is 2.41. The normalized spacial score (nSPS) is 11.6. The van der Waals surface area contributed by atoms with Crippen LogP contribution in [0.2, 0.25) is 0 Å². The van der Waals surface area contributed by atoms with Crippen molar-refractivity contribution in [1.82, 2.24) is 15.0 Å². The van der Waals surface area contributed by atoms with Crippen molar-refractivity contribution in [2.75, 3.05) is 21.3 Å². The van der Waals surface area contributed by atoms with Crippen LogP contribution in [0, 0.1) is 6.92 Å². The van der Waals surface area contributed by atoms with Gasteiger partial charge in [-0.25, -0.2) is 0 Å². The van der Waals surface area contributed by atoms with Crippen molar-refractivity contribution < 1.29 is 23.5 Å². The highest BCUT2D eigenvalue weighted by molar-refractivity contribution is 5.81. The Labute approximate surface area is 181 Å². The minimum absolute atomic E-state index is 0.162. The average Bonchev–Trinajstić information content (AvgIpc) is 3.25. The molecule has 164 valence electrons. The second kappa shape index (κ2) is 9.97. The molecule has 0 fully saturated rings. The van der Waals surface area contributed by atoms with E-state index in [1.807, 2.05) is 38.1 Å². The van der Waals surface area contributed by atoms with Crippen LogP contribution in [0.25, 0.3) is 11.4 Å². The molecule has 3 rings (SSSR count). The van der Waals surface area contributed by atoms with Crippen LogP contribution in [-0.4, -0.2) is 48.3 Å². The van der Waals surface area contributed by atoms with Crippen LogP contribution < -0.4 is 14.2 Å². The van der Waals surface area contributed by atoms with E-state index in [2.05, 4.69) is 10.1 Å². The number of aromatic nitrogens is 2. The van der Waals surface area contributed by atoms with Gasteiger partial charge in [0.25, 0.3) is 5.91 Å². The molecule has 3 aromatic rings. The van der Waals surface area contributed by atoms with Crippen LogP contribution in [0.5, 0.6) is 17.2 Å². The molecule has 31 heavy (non-hydrogen) atoms. The third-order valence-corrected chi connectivity index (χ3v) is 4.81. The number of aryl methyl sites for hydroxylation is 1. The summed E-state index contributed by atoms with van der Waals surface area (Å²) in [6.45, 7) is 4.07. The van der Waals surface area contributed by atoms with Gasteiger partial charge in [-0.3, -0.25) is 4.79 Å². The van der Waals surface area contributed by atoms with Crippen molar-refractivity contribution in [3.63, 3.8) is 0 Å². The first-order valence-electron chi connectivity index (χ1n) is 9.98. The third kappa shape index (κ3) is 5.33. The molecule has 0 radical (unpaired) electrons. The van der Waals surface area contributed by atoms with Crippen LogP contribution in [0.15, 0.2) is 47.0 Å². The summed E-state index contributed by atoms with van der Waals surface area (Å²) in [4.78, 5) is 18.8. The molecule has 0 aliphatic rings. The number of likely N-dealkylation sites (N-methyl/N-ethyl adjacent to an activating group) is 1. The Hall–Kier alpha value is -3.55. The molecule has 0 N–H and O–H groups in total. The summed E-state index contributed by atoms with van der Waals surface area (Å²) in [5, 5.41) is 4.03. The van der Waals surface area contributed by atoms with Crippen molar-refractivity contribution in [2.45, 2.75) is 32.9 Å². The van der Waals surface area contributed by atoms with Gasteiger partial charge in [0, 0.05) is 13.1 Å². The van der Waals surface area contributed by atoms with Gasteiger partial charge in [-0.2, -0.15) is 4.98 Å². The molecule has 0 aliphatic carbocycles. The molecule has 1 heterocycles. The van der Waals surface area contributed by atoms with Crippen molar-refractivity contribution >= 4 is 5.91 Å².